The Bertz CT molecular complexity index is 264. The number of carbonyl (C=O) groups is 1. The molecule has 0 aliphatic heterocycles. The molecule has 1 heterocycles. The molecule has 0 bridgehead atoms. The Morgan fingerprint density at radius 1 is 1.60 bits per heavy atom. The molecule has 10 heavy (non-hydrogen) atoms. The Kier molecular flexibility index (Phi) is 1.45. The molecule has 1 rings (SSSR count). The molecule has 0 aromatic carbocycles. The molecule has 1 aromatic rings. The monoisotopic (exact) mass is 141 g/mol. The largest absolute Gasteiger partial charge is 0.475 e. The van der Waals surface area contributed by atoms with E-state index in [1.165, 1.54) is 0 Å². The van der Waals surface area contributed by atoms with Gasteiger partial charge in [0.05, 0.1) is 5.69 Å². The summed E-state index contributed by atoms with van der Waals surface area (Å²) in [5.74, 6) is -1.14. The molecule has 1 aromatic heterocycles. The van der Waals surface area contributed by atoms with Gasteiger partial charge in [0.2, 0.25) is 5.76 Å². The minimum absolute atomic E-state index is 0.0718. The first-order valence-electron chi connectivity index (χ1n) is 2.79. The van der Waals surface area contributed by atoms with E-state index in [1.807, 2.05) is 0 Å². The molecule has 0 saturated heterocycles. The molecule has 4 heteroatoms. The second kappa shape index (κ2) is 2.13. The first kappa shape index (κ1) is 6.80. The normalized spacial score (nSPS) is 9.80. The van der Waals surface area contributed by atoms with Crippen molar-refractivity contribution in [2.45, 2.75) is 13.8 Å². The third kappa shape index (κ3) is 0.877. The zero-order valence-corrected chi connectivity index (χ0v) is 5.71. The third-order valence-electron chi connectivity index (χ3n) is 1.35. The van der Waals surface area contributed by atoms with Gasteiger partial charge in [-0.15, -0.1) is 0 Å². The Morgan fingerprint density at radius 3 is 2.40 bits per heavy atom. The molecule has 0 aliphatic rings. The molecule has 0 unspecified atom stereocenters. The van der Waals surface area contributed by atoms with Gasteiger partial charge in [-0.3, -0.25) is 0 Å². The molecule has 54 valence electrons. The van der Waals surface area contributed by atoms with E-state index in [4.69, 9.17) is 5.11 Å². The number of aryl methyl sites for hydroxylation is 1. The number of carboxylic acid groups (broad SMARTS) is 1. The summed E-state index contributed by atoms with van der Waals surface area (Å²) >= 11 is 0. The molecule has 0 saturated carbocycles. The molecule has 0 spiro atoms. The lowest BCUT2D eigenvalue weighted by Crippen LogP contribution is -1.95. The van der Waals surface area contributed by atoms with Gasteiger partial charge in [0, 0.05) is 5.56 Å². The van der Waals surface area contributed by atoms with Gasteiger partial charge in [0.1, 0.15) is 0 Å². The summed E-state index contributed by atoms with van der Waals surface area (Å²) in [6.07, 6.45) is 0. The molecule has 0 radical (unpaired) electrons. The average molecular weight is 141 g/mol. The summed E-state index contributed by atoms with van der Waals surface area (Å²) in [5.41, 5.74) is 1.21. The SMILES string of the molecule is Cc1noc(C(=O)O)c1C. The lowest BCUT2D eigenvalue weighted by molar-refractivity contribution is 0.0651. The van der Waals surface area contributed by atoms with Crippen LogP contribution < -0.4 is 0 Å². The highest BCUT2D eigenvalue weighted by Crippen LogP contribution is 2.10. The zero-order chi connectivity index (χ0) is 7.72. The highest BCUT2D eigenvalue weighted by molar-refractivity contribution is 5.86. The number of aromatic nitrogens is 1. The van der Waals surface area contributed by atoms with Crippen molar-refractivity contribution in [3.05, 3.63) is 17.0 Å². The van der Waals surface area contributed by atoms with Gasteiger partial charge in [-0.25, -0.2) is 4.79 Å². The van der Waals surface area contributed by atoms with Crippen LogP contribution in [0.15, 0.2) is 4.52 Å². The van der Waals surface area contributed by atoms with Gasteiger partial charge < -0.3 is 9.63 Å². The number of rotatable bonds is 1. The Hall–Kier alpha value is -1.32. The molecule has 1 N–H and O–H groups in total. The van der Waals surface area contributed by atoms with Gasteiger partial charge >= 0.3 is 5.97 Å². The van der Waals surface area contributed by atoms with Crippen molar-refractivity contribution in [1.29, 1.82) is 0 Å². The van der Waals surface area contributed by atoms with Crippen LogP contribution >= 0.6 is 0 Å². The maximum Gasteiger partial charge on any atom is 0.375 e. The Morgan fingerprint density at radius 2 is 2.20 bits per heavy atom. The van der Waals surface area contributed by atoms with E-state index in [0.29, 0.717) is 11.3 Å². The smallest absolute Gasteiger partial charge is 0.375 e. The molecular weight excluding hydrogens is 134 g/mol. The Labute approximate surface area is 57.4 Å². The Balaban J connectivity index is 3.17. The first-order valence-corrected chi connectivity index (χ1v) is 2.79. The zero-order valence-electron chi connectivity index (χ0n) is 5.71. The third-order valence-corrected chi connectivity index (χ3v) is 1.35. The number of hydrogen-bond donors (Lipinski definition) is 1. The van der Waals surface area contributed by atoms with E-state index < -0.39 is 5.97 Å². The average Bonchev–Trinajstić information content (AvgIpc) is 2.14. The van der Waals surface area contributed by atoms with Crippen molar-refractivity contribution in [2.75, 3.05) is 0 Å². The van der Waals surface area contributed by atoms with Crippen molar-refractivity contribution in [3.8, 4) is 0 Å². The van der Waals surface area contributed by atoms with Gasteiger partial charge in [0.25, 0.3) is 0 Å². The van der Waals surface area contributed by atoms with Crippen molar-refractivity contribution in [1.82, 2.24) is 5.16 Å². The number of carboxylic acids is 1. The van der Waals surface area contributed by atoms with Crippen molar-refractivity contribution in [2.24, 2.45) is 0 Å². The van der Waals surface area contributed by atoms with E-state index in [0.717, 1.165) is 0 Å². The number of hydrogen-bond acceptors (Lipinski definition) is 3. The maximum absolute atomic E-state index is 10.3. The minimum atomic E-state index is -1.07. The van der Waals surface area contributed by atoms with Crippen LogP contribution in [0.2, 0.25) is 0 Å². The van der Waals surface area contributed by atoms with Gasteiger partial charge in [-0.1, -0.05) is 5.16 Å². The van der Waals surface area contributed by atoms with Crippen molar-refractivity contribution in [3.63, 3.8) is 0 Å². The second-order valence-corrected chi connectivity index (χ2v) is 2.03. The highest BCUT2D eigenvalue weighted by Gasteiger charge is 2.14. The lowest BCUT2D eigenvalue weighted by atomic mass is 10.2. The summed E-state index contributed by atoms with van der Waals surface area (Å²) < 4.78 is 4.51. The van der Waals surface area contributed by atoms with Crippen LogP contribution in [0.5, 0.6) is 0 Å². The van der Waals surface area contributed by atoms with E-state index in [1.54, 1.807) is 13.8 Å². The molecule has 4 nitrogen and oxygen atoms in total. The van der Waals surface area contributed by atoms with Crippen LogP contribution in [0, 0.1) is 13.8 Å². The first-order chi connectivity index (χ1) is 4.63. The summed E-state index contributed by atoms with van der Waals surface area (Å²) in [6.45, 7) is 3.36. The summed E-state index contributed by atoms with van der Waals surface area (Å²) in [4.78, 5) is 10.3. The van der Waals surface area contributed by atoms with Crippen LogP contribution in [-0.2, 0) is 0 Å². The molecule has 0 aliphatic carbocycles. The maximum atomic E-state index is 10.3. The van der Waals surface area contributed by atoms with Crippen molar-refractivity contribution >= 4 is 5.97 Å². The molecule has 0 amide bonds. The fourth-order valence-electron chi connectivity index (χ4n) is 0.615. The minimum Gasteiger partial charge on any atom is -0.475 e. The van der Waals surface area contributed by atoms with Crippen LogP contribution in [0.3, 0.4) is 0 Å². The van der Waals surface area contributed by atoms with Crippen LogP contribution in [0.1, 0.15) is 21.8 Å². The fraction of sp³-hybridized carbons (Fsp3) is 0.333. The van der Waals surface area contributed by atoms with E-state index >= 15 is 0 Å². The number of nitrogens with zero attached hydrogens (tertiary/aromatic N) is 1. The predicted molar refractivity (Wildman–Crippen MR) is 32.9 cm³/mol. The molecule has 0 fully saturated rings. The van der Waals surface area contributed by atoms with E-state index in [9.17, 15) is 4.79 Å². The quantitative estimate of drug-likeness (QED) is 0.633. The lowest BCUT2D eigenvalue weighted by Gasteiger charge is -1.84. The molecule has 0 atom stereocenters. The van der Waals surface area contributed by atoms with Gasteiger partial charge in [-0.05, 0) is 13.8 Å². The van der Waals surface area contributed by atoms with Crippen LogP contribution in [0.25, 0.3) is 0 Å². The van der Waals surface area contributed by atoms with E-state index in [-0.39, 0.29) is 5.76 Å². The van der Waals surface area contributed by atoms with Gasteiger partial charge in [-0.2, -0.15) is 0 Å². The summed E-state index contributed by atoms with van der Waals surface area (Å²) in [5, 5.41) is 11.9. The van der Waals surface area contributed by atoms with Crippen LogP contribution in [-0.4, -0.2) is 16.2 Å². The van der Waals surface area contributed by atoms with Crippen LogP contribution in [0.4, 0.5) is 0 Å². The predicted octanol–water partition coefficient (Wildman–Crippen LogP) is 0.990. The van der Waals surface area contributed by atoms with Gasteiger partial charge in [0.15, 0.2) is 0 Å². The topological polar surface area (TPSA) is 63.3 Å². The number of aromatic carboxylic acids is 1. The van der Waals surface area contributed by atoms with E-state index in [2.05, 4.69) is 9.68 Å². The molecular formula is C6H7NO3. The second-order valence-electron chi connectivity index (χ2n) is 2.03. The summed E-state index contributed by atoms with van der Waals surface area (Å²) in [6, 6.07) is 0. The highest BCUT2D eigenvalue weighted by atomic mass is 16.5. The van der Waals surface area contributed by atoms with Crippen molar-refractivity contribution < 1.29 is 14.4 Å². The fourth-order valence-corrected chi connectivity index (χ4v) is 0.615. The standard InChI is InChI=1S/C6H7NO3/c1-3-4(2)7-10-5(3)6(8)9/h1-2H3,(H,8,9). The summed E-state index contributed by atoms with van der Waals surface area (Å²) in [7, 11) is 0.